The Morgan fingerprint density at radius 1 is 1.27 bits per heavy atom. The third kappa shape index (κ3) is 3.20. The van der Waals surface area contributed by atoms with Crippen molar-refractivity contribution in [2.75, 3.05) is 31.1 Å². The van der Waals surface area contributed by atoms with Crippen molar-refractivity contribution in [2.45, 2.75) is 44.6 Å². The van der Waals surface area contributed by atoms with Gasteiger partial charge in [-0.3, -0.25) is 4.90 Å². The van der Waals surface area contributed by atoms with Crippen LogP contribution in [0.1, 0.15) is 38.7 Å². The number of anilines is 1. The van der Waals surface area contributed by atoms with Crippen molar-refractivity contribution >= 4 is 17.4 Å². The first-order chi connectivity index (χ1) is 10.1. The molecule has 0 aromatic carbocycles. The van der Waals surface area contributed by atoms with Crippen LogP contribution < -0.4 is 4.90 Å². The highest BCUT2D eigenvalue weighted by atomic mass is 35.5. The molecule has 2 aliphatic heterocycles. The van der Waals surface area contributed by atoms with Gasteiger partial charge in [-0.1, -0.05) is 11.6 Å². The zero-order valence-corrected chi connectivity index (χ0v) is 14.0. The number of rotatable bonds is 2. The molecule has 0 spiro atoms. The topological polar surface area (TPSA) is 19.4 Å². The summed E-state index contributed by atoms with van der Waals surface area (Å²) in [5, 5.41) is 0.386. The minimum absolute atomic E-state index is 0.113. The van der Waals surface area contributed by atoms with Crippen LogP contribution >= 0.6 is 11.6 Å². The smallest absolute Gasteiger partial charge is 0.266 e. The third-order valence-corrected chi connectivity index (χ3v) is 4.79. The van der Waals surface area contributed by atoms with E-state index in [1.165, 1.54) is 0 Å². The van der Waals surface area contributed by atoms with E-state index in [2.05, 4.69) is 30.7 Å². The quantitative estimate of drug-likeness (QED) is 0.770. The molecule has 0 aliphatic carbocycles. The van der Waals surface area contributed by atoms with Crippen LogP contribution in [0, 0.1) is 0 Å². The van der Waals surface area contributed by atoms with E-state index in [-0.39, 0.29) is 18.5 Å². The molecule has 3 nitrogen and oxygen atoms in total. The van der Waals surface area contributed by atoms with Gasteiger partial charge in [-0.2, -0.15) is 0 Å². The second-order valence-corrected chi connectivity index (χ2v) is 7.77. The first-order valence-electron chi connectivity index (χ1n) is 7.69. The Morgan fingerprint density at radius 2 is 1.95 bits per heavy atom. The van der Waals surface area contributed by atoms with E-state index in [1.807, 2.05) is 12.1 Å². The minimum Gasteiger partial charge on any atom is -0.350 e. The van der Waals surface area contributed by atoms with Crippen molar-refractivity contribution in [3.63, 3.8) is 0 Å². The van der Waals surface area contributed by atoms with Crippen molar-refractivity contribution in [3.05, 3.63) is 22.8 Å². The Kier molecular flexibility index (Phi) is 3.84. The molecule has 2 fully saturated rings. The molecule has 0 saturated carbocycles. The van der Waals surface area contributed by atoms with Gasteiger partial charge in [0, 0.05) is 37.5 Å². The summed E-state index contributed by atoms with van der Waals surface area (Å²) >= 11 is 6.11. The fourth-order valence-electron chi connectivity index (χ4n) is 3.07. The predicted molar refractivity (Wildman–Crippen MR) is 85.1 cm³/mol. The van der Waals surface area contributed by atoms with E-state index in [1.54, 1.807) is 4.90 Å². The molecule has 1 aromatic heterocycles. The Balaban J connectivity index is 1.75. The average Bonchev–Trinajstić information content (AvgIpc) is 2.65. The van der Waals surface area contributed by atoms with E-state index < -0.39 is 5.92 Å². The van der Waals surface area contributed by atoms with Crippen LogP contribution in [0.4, 0.5) is 14.6 Å². The molecule has 22 heavy (non-hydrogen) atoms. The number of pyridine rings is 1. The number of likely N-dealkylation sites (tertiary alicyclic amines) is 1. The molecule has 1 aromatic rings. The summed E-state index contributed by atoms with van der Waals surface area (Å²) in [6.07, 6.45) is -0.113. The van der Waals surface area contributed by atoms with E-state index in [0.717, 1.165) is 18.7 Å². The molecule has 0 amide bonds. The lowest BCUT2D eigenvalue weighted by atomic mass is 9.87. The van der Waals surface area contributed by atoms with E-state index in [0.29, 0.717) is 23.4 Å². The zero-order chi connectivity index (χ0) is 16.1. The van der Waals surface area contributed by atoms with Gasteiger partial charge >= 0.3 is 0 Å². The minimum atomic E-state index is -2.62. The highest BCUT2D eigenvalue weighted by Crippen LogP contribution is 2.36. The number of aromatic nitrogens is 1. The molecular formula is C16H22ClF2N3. The number of nitrogens with zero attached hydrogens (tertiary/aromatic N) is 3. The van der Waals surface area contributed by atoms with Crippen molar-refractivity contribution in [1.82, 2.24) is 9.88 Å². The van der Waals surface area contributed by atoms with Crippen molar-refractivity contribution in [1.29, 1.82) is 0 Å². The molecule has 0 atom stereocenters. The summed E-state index contributed by atoms with van der Waals surface area (Å²) in [5.41, 5.74) is 1.26. The molecule has 2 aliphatic rings. The van der Waals surface area contributed by atoms with Gasteiger partial charge < -0.3 is 4.90 Å². The number of halogens is 3. The van der Waals surface area contributed by atoms with Gasteiger partial charge in [0.2, 0.25) is 0 Å². The van der Waals surface area contributed by atoms with Gasteiger partial charge in [0.05, 0.1) is 6.54 Å². The van der Waals surface area contributed by atoms with E-state index in [9.17, 15) is 8.78 Å². The summed E-state index contributed by atoms with van der Waals surface area (Å²) in [4.78, 5) is 8.27. The van der Waals surface area contributed by atoms with Gasteiger partial charge in [-0.05, 0) is 38.5 Å². The number of alkyl halides is 2. The van der Waals surface area contributed by atoms with Crippen LogP contribution in [-0.2, 0) is 0 Å². The second kappa shape index (κ2) is 5.31. The largest absolute Gasteiger partial charge is 0.350 e. The van der Waals surface area contributed by atoms with E-state index >= 15 is 0 Å². The van der Waals surface area contributed by atoms with Gasteiger partial charge in [0.15, 0.2) is 0 Å². The van der Waals surface area contributed by atoms with Crippen LogP contribution in [0.15, 0.2) is 12.1 Å². The lowest BCUT2D eigenvalue weighted by Crippen LogP contribution is -2.54. The summed E-state index contributed by atoms with van der Waals surface area (Å²) in [7, 11) is 0. The molecule has 0 unspecified atom stereocenters. The molecular weight excluding hydrogens is 308 g/mol. The Labute approximate surface area is 135 Å². The van der Waals surface area contributed by atoms with Gasteiger partial charge in [-0.15, -0.1) is 0 Å². The van der Waals surface area contributed by atoms with Crippen molar-refractivity contribution < 1.29 is 8.78 Å². The monoisotopic (exact) mass is 329 g/mol. The Hall–Kier alpha value is -0.940. The second-order valence-electron chi connectivity index (χ2n) is 7.38. The van der Waals surface area contributed by atoms with Gasteiger partial charge in [0.1, 0.15) is 11.0 Å². The maximum absolute atomic E-state index is 13.4. The lowest BCUT2D eigenvalue weighted by Gasteiger charge is -2.48. The predicted octanol–water partition coefficient (Wildman–Crippen LogP) is 3.78. The van der Waals surface area contributed by atoms with Crippen LogP contribution in [0.3, 0.4) is 0 Å². The average molecular weight is 330 g/mol. The maximum Gasteiger partial charge on any atom is 0.266 e. The zero-order valence-electron chi connectivity index (χ0n) is 13.2. The standard InChI is InChI=1S/C16H22ClF2N3/c1-15(2,3)22-8-12(9-22)11-6-13(17)20-14(7-11)21-5-4-16(18,19)10-21/h6-7,12H,4-5,8-10H2,1-3H3. The Bertz CT molecular complexity index is 565. The van der Waals surface area contributed by atoms with Crippen molar-refractivity contribution in [2.24, 2.45) is 0 Å². The first kappa shape index (κ1) is 15.9. The van der Waals surface area contributed by atoms with Crippen LogP contribution in [0.2, 0.25) is 5.15 Å². The number of hydrogen-bond acceptors (Lipinski definition) is 3. The number of hydrogen-bond donors (Lipinski definition) is 0. The summed E-state index contributed by atoms with van der Waals surface area (Å²) < 4.78 is 26.8. The van der Waals surface area contributed by atoms with Crippen LogP contribution in [0.25, 0.3) is 0 Å². The fraction of sp³-hybridized carbons (Fsp3) is 0.688. The molecule has 3 rings (SSSR count). The van der Waals surface area contributed by atoms with Gasteiger partial charge in [-0.25, -0.2) is 13.8 Å². The summed E-state index contributed by atoms with van der Waals surface area (Å²) in [6, 6.07) is 3.79. The molecule has 2 saturated heterocycles. The molecule has 122 valence electrons. The molecule has 6 heteroatoms. The fourth-order valence-corrected chi connectivity index (χ4v) is 3.28. The highest BCUT2D eigenvalue weighted by Gasteiger charge is 2.40. The third-order valence-electron chi connectivity index (χ3n) is 4.60. The van der Waals surface area contributed by atoms with E-state index in [4.69, 9.17) is 11.6 Å². The molecule has 0 radical (unpaired) electrons. The van der Waals surface area contributed by atoms with Crippen molar-refractivity contribution in [3.8, 4) is 0 Å². The van der Waals surface area contributed by atoms with Crippen LogP contribution in [0.5, 0.6) is 0 Å². The molecule has 3 heterocycles. The highest BCUT2D eigenvalue weighted by molar-refractivity contribution is 6.29. The SMILES string of the molecule is CC(C)(C)N1CC(c2cc(Cl)nc(N3CCC(F)(F)C3)c2)C1. The summed E-state index contributed by atoms with van der Waals surface area (Å²) in [5.74, 6) is -1.64. The first-order valence-corrected chi connectivity index (χ1v) is 8.07. The molecule has 0 bridgehead atoms. The normalized spacial score (nSPS) is 22.9. The Morgan fingerprint density at radius 3 is 2.50 bits per heavy atom. The molecule has 0 N–H and O–H groups in total. The maximum atomic E-state index is 13.4. The van der Waals surface area contributed by atoms with Crippen LogP contribution in [-0.4, -0.2) is 47.5 Å². The van der Waals surface area contributed by atoms with Gasteiger partial charge in [0.25, 0.3) is 5.92 Å². The summed E-state index contributed by atoms with van der Waals surface area (Å²) in [6.45, 7) is 8.59. The lowest BCUT2D eigenvalue weighted by molar-refractivity contribution is 0.0256.